The quantitative estimate of drug-likeness (QED) is 0.514. The molecule has 2 amide bonds. The summed E-state index contributed by atoms with van der Waals surface area (Å²) in [7, 11) is 0. The van der Waals surface area contributed by atoms with Gasteiger partial charge in [0.15, 0.2) is 0 Å². The number of benzene rings is 1. The number of aryl methyl sites for hydroxylation is 1. The van der Waals surface area contributed by atoms with Crippen LogP contribution >= 0.6 is 0 Å². The molecular weight excluding hydrogens is 377 g/mol. The lowest BCUT2D eigenvalue weighted by atomic mass is 10.0. The van der Waals surface area contributed by atoms with Crippen LogP contribution in [-0.4, -0.2) is 35.9 Å². The van der Waals surface area contributed by atoms with Crippen LogP contribution in [0.2, 0.25) is 0 Å². The van der Waals surface area contributed by atoms with E-state index in [1.54, 1.807) is 26.8 Å². The number of ether oxygens (including phenoxy) is 1. The largest absolute Gasteiger partial charge is 0.466 e. The third-order valence-corrected chi connectivity index (χ3v) is 4.68. The van der Waals surface area contributed by atoms with Gasteiger partial charge in [0.1, 0.15) is 5.82 Å². The molecule has 0 saturated carbocycles. The molecule has 1 aliphatic heterocycles. The second-order valence-corrected chi connectivity index (χ2v) is 6.68. The Labute approximate surface area is 167 Å². The van der Waals surface area contributed by atoms with Crippen LogP contribution < -0.4 is 10.6 Å². The zero-order valence-electron chi connectivity index (χ0n) is 16.4. The van der Waals surface area contributed by atoms with Crippen LogP contribution in [0.15, 0.2) is 18.2 Å². The van der Waals surface area contributed by atoms with Gasteiger partial charge in [0.05, 0.1) is 24.2 Å². The SMILES string of the molecule is CCOC(=O)CCNC(=O)c1c(C)[nH]c(/C=C2\C(=O)Nc3ccc(F)cc32)c1C. The van der Waals surface area contributed by atoms with Gasteiger partial charge in [0.2, 0.25) is 0 Å². The third-order valence-electron chi connectivity index (χ3n) is 4.68. The Morgan fingerprint density at radius 3 is 2.76 bits per heavy atom. The number of hydrogen-bond donors (Lipinski definition) is 3. The van der Waals surface area contributed by atoms with Gasteiger partial charge in [-0.1, -0.05) is 0 Å². The number of anilines is 1. The molecule has 0 aliphatic carbocycles. The average molecular weight is 399 g/mol. The number of aromatic amines is 1. The Morgan fingerprint density at radius 2 is 2.03 bits per heavy atom. The van der Waals surface area contributed by atoms with Crippen molar-refractivity contribution in [3.05, 3.63) is 52.1 Å². The summed E-state index contributed by atoms with van der Waals surface area (Å²) in [6, 6.07) is 4.09. The number of aromatic nitrogens is 1. The molecule has 0 atom stereocenters. The Balaban J connectivity index is 1.82. The van der Waals surface area contributed by atoms with Crippen molar-refractivity contribution in [2.75, 3.05) is 18.5 Å². The molecule has 0 unspecified atom stereocenters. The van der Waals surface area contributed by atoms with E-state index in [1.807, 2.05) is 0 Å². The van der Waals surface area contributed by atoms with Crippen molar-refractivity contribution in [3.63, 3.8) is 0 Å². The topological polar surface area (TPSA) is 100 Å². The number of rotatable bonds is 6. The number of halogens is 1. The normalized spacial score (nSPS) is 13.9. The summed E-state index contributed by atoms with van der Waals surface area (Å²) in [5.74, 6) is -1.48. The summed E-state index contributed by atoms with van der Waals surface area (Å²) < 4.78 is 18.5. The van der Waals surface area contributed by atoms with Crippen molar-refractivity contribution in [1.29, 1.82) is 0 Å². The number of H-pyrrole nitrogens is 1. The molecule has 1 aromatic heterocycles. The minimum Gasteiger partial charge on any atom is -0.466 e. The zero-order valence-corrected chi connectivity index (χ0v) is 16.4. The highest BCUT2D eigenvalue weighted by molar-refractivity contribution is 6.34. The summed E-state index contributed by atoms with van der Waals surface area (Å²) in [5.41, 5.74) is 3.64. The molecule has 1 aliphatic rings. The number of carbonyl (C=O) groups excluding carboxylic acids is 3. The highest BCUT2D eigenvalue weighted by atomic mass is 19.1. The molecule has 29 heavy (non-hydrogen) atoms. The fraction of sp³-hybridized carbons (Fsp3) is 0.286. The lowest BCUT2D eigenvalue weighted by Crippen LogP contribution is -2.27. The van der Waals surface area contributed by atoms with E-state index in [4.69, 9.17) is 4.74 Å². The predicted octanol–water partition coefficient (Wildman–Crippen LogP) is 2.95. The number of carbonyl (C=O) groups is 3. The number of esters is 1. The van der Waals surface area contributed by atoms with E-state index in [1.165, 1.54) is 18.2 Å². The van der Waals surface area contributed by atoms with Gasteiger partial charge >= 0.3 is 5.97 Å². The van der Waals surface area contributed by atoms with Crippen LogP contribution in [0.25, 0.3) is 11.6 Å². The Bertz CT molecular complexity index is 1020. The van der Waals surface area contributed by atoms with Crippen molar-refractivity contribution in [3.8, 4) is 0 Å². The van der Waals surface area contributed by atoms with Crippen molar-refractivity contribution >= 4 is 35.1 Å². The maximum absolute atomic E-state index is 13.6. The molecule has 0 saturated heterocycles. The van der Waals surface area contributed by atoms with Gasteiger partial charge in [0.25, 0.3) is 11.8 Å². The molecule has 1 aromatic carbocycles. The predicted molar refractivity (Wildman–Crippen MR) is 107 cm³/mol. The molecule has 152 valence electrons. The zero-order chi connectivity index (χ0) is 21.1. The molecule has 0 bridgehead atoms. The number of hydrogen-bond acceptors (Lipinski definition) is 4. The molecule has 0 spiro atoms. The Morgan fingerprint density at radius 1 is 1.28 bits per heavy atom. The molecule has 0 radical (unpaired) electrons. The first-order valence-corrected chi connectivity index (χ1v) is 9.27. The van der Waals surface area contributed by atoms with E-state index in [9.17, 15) is 18.8 Å². The molecular formula is C21H22FN3O4. The maximum Gasteiger partial charge on any atom is 0.307 e. The summed E-state index contributed by atoms with van der Waals surface area (Å²) in [4.78, 5) is 39.4. The Kier molecular flexibility index (Phi) is 5.81. The van der Waals surface area contributed by atoms with Crippen LogP contribution in [-0.2, 0) is 14.3 Å². The first kappa shape index (κ1) is 20.3. The fourth-order valence-corrected chi connectivity index (χ4v) is 3.31. The third kappa shape index (κ3) is 4.21. The van der Waals surface area contributed by atoms with Crippen LogP contribution in [0.5, 0.6) is 0 Å². The first-order chi connectivity index (χ1) is 13.8. The van der Waals surface area contributed by atoms with Gasteiger partial charge in [0, 0.05) is 29.2 Å². The second kappa shape index (κ2) is 8.30. The van der Waals surface area contributed by atoms with Gasteiger partial charge in [-0.25, -0.2) is 4.39 Å². The lowest BCUT2D eigenvalue weighted by Gasteiger charge is -2.06. The smallest absolute Gasteiger partial charge is 0.307 e. The average Bonchev–Trinajstić information content (AvgIpc) is 3.11. The summed E-state index contributed by atoms with van der Waals surface area (Å²) >= 11 is 0. The lowest BCUT2D eigenvalue weighted by molar-refractivity contribution is -0.142. The standard InChI is InChI=1S/C21H22FN3O4/c1-4-29-18(26)7-8-23-21(28)19-11(2)17(24-12(19)3)10-15-14-9-13(22)5-6-16(14)25-20(15)27/h5-6,9-10,24H,4,7-8H2,1-3H3,(H,23,28)(H,25,27)/b15-10-. The minimum absolute atomic E-state index is 0.0848. The second-order valence-electron chi connectivity index (χ2n) is 6.68. The highest BCUT2D eigenvalue weighted by Gasteiger charge is 2.26. The van der Waals surface area contributed by atoms with E-state index in [-0.39, 0.29) is 30.7 Å². The summed E-state index contributed by atoms with van der Waals surface area (Å²) in [5, 5.41) is 5.40. The van der Waals surface area contributed by atoms with Crippen LogP contribution in [0.3, 0.4) is 0 Å². The molecule has 3 rings (SSSR count). The van der Waals surface area contributed by atoms with Crippen molar-refractivity contribution in [2.24, 2.45) is 0 Å². The Hall–Kier alpha value is -3.42. The van der Waals surface area contributed by atoms with E-state index in [0.717, 1.165) is 0 Å². The van der Waals surface area contributed by atoms with Crippen LogP contribution in [0.4, 0.5) is 10.1 Å². The maximum atomic E-state index is 13.6. The van der Waals surface area contributed by atoms with E-state index < -0.39 is 5.82 Å². The van der Waals surface area contributed by atoms with Gasteiger partial charge in [-0.2, -0.15) is 0 Å². The van der Waals surface area contributed by atoms with E-state index in [0.29, 0.717) is 45.9 Å². The molecule has 3 N–H and O–H groups in total. The van der Waals surface area contributed by atoms with E-state index >= 15 is 0 Å². The number of nitrogens with one attached hydrogen (secondary N) is 3. The monoisotopic (exact) mass is 399 g/mol. The van der Waals surface area contributed by atoms with Crippen LogP contribution in [0.1, 0.15) is 46.2 Å². The van der Waals surface area contributed by atoms with Crippen molar-refractivity contribution < 1.29 is 23.5 Å². The van der Waals surface area contributed by atoms with Crippen molar-refractivity contribution in [2.45, 2.75) is 27.2 Å². The molecule has 8 heteroatoms. The van der Waals surface area contributed by atoms with E-state index in [2.05, 4.69) is 15.6 Å². The summed E-state index contributed by atoms with van der Waals surface area (Å²) in [6.07, 6.45) is 1.69. The first-order valence-electron chi connectivity index (χ1n) is 9.27. The highest BCUT2D eigenvalue weighted by Crippen LogP contribution is 2.34. The molecule has 7 nitrogen and oxygen atoms in total. The fourth-order valence-electron chi connectivity index (χ4n) is 3.31. The van der Waals surface area contributed by atoms with Gasteiger partial charge in [-0.3, -0.25) is 14.4 Å². The number of amides is 2. The minimum atomic E-state index is -0.438. The van der Waals surface area contributed by atoms with Crippen molar-refractivity contribution in [1.82, 2.24) is 10.3 Å². The molecule has 2 heterocycles. The van der Waals surface area contributed by atoms with Gasteiger partial charge in [-0.15, -0.1) is 0 Å². The number of fused-ring (bicyclic) bond motifs is 1. The molecule has 0 fully saturated rings. The van der Waals surface area contributed by atoms with Gasteiger partial charge < -0.3 is 20.4 Å². The molecule has 2 aromatic rings. The van der Waals surface area contributed by atoms with Crippen LogP contribution in [0, 0.1) is 19.7 Å². The van der Waals surface area contributed by atoms with Gasteiger partial charge in [-0.05, 0) is 50.6 Å². The summed E-state index contributed by atoms with van der Waals surface area (Å²) in [6.45, 7) is 5.68.